The van der Waals surface area contributed by atoms with E-state index < -0.39 is 0 Å². The van der Waals surface area contributed by atoms with Crippen LogP contribution in [-0.4, -0.2) is 29.9 Å². The van der Waals surface area contributed by atoms with Crippen molar-refractivity contribution in [3.8, 4) is 0 Å². The molecule has 0 aromatic rings. The number of Topliss-reactive ketones (excluding diaryl/α,β-unsaturated/α-hetero) is 1. The SMILES string of the molecule is C/C=C1\CC(C(=O)OCC)CSCCC1=O. The van der Waals surface area contributed by atoms with E-state index in [9.17, 15) is 9.59 Å². The molecule has 1 fully saturated rings. The van der Waals surface area contributed by atoms with Gasteiger partial charge in [0, 0.05) is 17.9 Å². The molecule has 4 heteroatoms. The van der Waals surface area contributed by atoms with Crippen molar-refractivity contribution in [2.24, 2.45) is 5.92 Å². The van der Waals surface area contributed by atoms with Crippen LogP contribution in [0.1, 0.15) is 26.7 Å². The lowest BCUT2D eigenvalue weighted by Gasteiger charge is -2.19. The summed E-state index contributed by atoms with van der Waals surface area (Å²) in [6.07, 6.45) is 2.94. The van der Waals surface area contributed by atoms with Gasteiger partial charge in [-0.25, -0.2) is 0 Å². The average molecular weight is 242 g/mol. The number of esters is 1. The summed E-state index contributed by atoms with van der Waals surface area (Å²) in [5.74, 6) is 1.38. The highest BCUT2D eigenvalue weighted by Gasteiger charge is 2.25. The molecule has 0 aromatic carbocycles. The van der Waals surface area contributed by atoms with E-state index in [1.54, 1.807) is 18.7 Å². The van der Waals surface area contributed by atoms with Crippen LogP contribution in [0.25, 0.3) is 0 Å². The molecule has 1 aliphatic heterocycles. The van der Waals surface area contributed by atoms with Crippen molar-refractivity contribution >= 4 is 23.5 Å². The van der Waals surface area contributed by atoms with Gasteiger partial charge < -0.3 is 4.74 Å². The summed E-state index contributed by atoms with van der Waals surface area (Å²) in [4.78, 5) is 23.3. The summed E-state index contributed by atoms with van der Waals surface area (Å²) in [7, 11) is 0. The van der Waals surface area contributed by atoms with Crippen LogP contribution in [-0.2, 0) is 14.3 Å². The van der Waals surface area contributed by atoms with Gasteiger partial charge in [0.05, 0.1) is 12.5 Å². The minimum Gasteiger partial charge on any atom is -0.466 e. The minimum atomic E-state index is -0.177. The lowest BCUT2D eigenvalue weighted by molar-refractivity contribution is -0.147. The van der Waals surface area contributed by atoms with Gasteiger partial charge in [-0.05, 0) is 25.8 Å². The standard InChI is InChI=1S/C12H18O3S/c1-3-9-7-10(12(14)15-4-2)8-16-6-5-11(9)13/h3,10H,4-8H2,1-2H3/b9-3+. The number of ether oxygens (including phenoxy) is 1. The van der Waals surface area contributed by atoms with Gasteiger partial charge in [0.25, 0.3) is 0 Å². The van der Waals surface area contributed by atoms with Gasteiger partial charge in [-0.1, -0.05) is 6.08 Å². The van der Waals surface area contributed by atoms with E-state index in [1.807, 2.05) is 13.0 Å². The van der Waals surface area contributed by atoms with Crippen molar-refractivity contribution in [2.45, 2.75) is 26.7 Å². The number of carbonyl (C=O) groups excluding carboxylic acids is 2. The van der Waals surface area contributed by atoms with Crippen LogP contribution >= 0.6 is 11.8 Å². The third-order valence-electron chi connectivity index (χ3n) is 2.59. The Labute approximate surface area is 101 Å². The number of allylic oxidation sites excluding steroid dienone is 2. The Kier molecular flexibility index (Phi) is 5.60. The van der Waals surface area contributed by atoms with Gasteiger partial charge in [-0.3, -0.25) is 9.59 Å². The second-order valence-corrected chi connectivity index (χ2v) is 4.86. The second kappa shape index (κ2) is 6.74. The molecule has 0 saturated carbocycles. The summed E-state index contributed by atoms with van der Waals surface area (Å²) in [5.41, 5.74) is 0.776. The average Bonchev–Trinajstić information content (AvgIpc) is 2.25. The van der Waals surface area contributed by atoms with Crippen molar-refractivity contribution in [1.82, 2.24) is 0 Å². The van der Waals surface area contributed by atoms with E-state index in [0.717, 1.165) is 17.1 Å². The van der Waals surface area contributed by atoms with Gasteiger partial charge >= 0.3 is 5.97 Å². The molecular formula is C12H18O3S. The van der Waals surface area contributed by atoms with E-state index in [4.69, 9.17) is 4.74 Å². The first-order valence-electron chi connectivity index (χ1n) is 5.61. The van der Waals surface area contributed by atoms with Crippen molar-refractivity contribution in [1.29, 1.82) is 0 Å². The summed E-state index contributed by atoms with van der Waals surface area (Å²) in [5, 5.41) is 0. The Morgan fingerprint density at radius 3 is 3.00 bits per heavy atom. The summed E-state index contributed by atoms with van der Waals surface area (Å²) in [6, 6.07) is 0. The lowest BCUT2D eigenvalue weighted by Crippen LogP contribution is -2.24. The Bertz CT molecular complexity index is 297. The molecule has 0 N–H and O–H groups in total. The molecular weight excluding hydrogens is 224 g/mol. The molecule has 90 valence electrons. The van der Waals surface area contributed by atoms with E-state index in [1.165, 1.54) is 0 Å². The highest BCUT2D eigenvalue weighted by Crippen LogP contribution is 2.24. The maximum Gasteiger partial charge on any atom is 0.310 e. The maximum absolute atomic E-state index is 11.7. The molecule has 3 nitrogen and oxygen atoms in total. The number of thioether (sulfide) groups is 1. The quantitative estimate of drug-likeness (QED) is 0.550. The number of hydrogen-bond donors (Lipinski definition) is 0. The first-order valence-corrected chi connectivity index (χ1v) is 6.77. The van der Waals surface area contributed by atoms with Crippen molar-refractivity contribution in [3.05, 3.63) is 11.6 Å². The van der Waals surface area contributed by atoms with E-state index in [-0.39, 0.29) is 17.7 Å². The third kappa shape index (κ3) is 3.67. The van der Waals surface area contributed by atoms with Crippen LogP contribution in [0.3, 0.4) is 0 Å². The summed E-state index contributed by atoms with van der Waals surface area (Å²) >= 11 is 1.66. The smallest absolute Gasteiger partial charge is 0.310 e. The monoisotopic (exact) mass is 242 g/mol. The zero-order valence-electron chi connectivity index (χ0n) is 9.82. The third-order valence-corrected chi connectivity index (χ3v) is 3.72. The topological polar surface area (TPSA) is 43.4 Å². The minimum absolute atomic E-state index is 0.166. The fourth-order valence-corrected chi connectivity index (χ4v) is 2.71. The van der Waals surface area contributed by atoms with Gasteiger partial charge in [0.2, 0.25) is 0 Å². The maximum atomic E-state index is 11.7. The molecule has 0 spiro atoms. The molecule has 0 bridgehead atoms. The molecule has 1 heterocycles. The first kappa shape index (κ1) is 13.3. The van der Waals surface area contributed by atoms with Crippen molar-refractivity contribution in [3.63, 3.8) is 0 Å². The molecule has 0 aliphatic carbocycles. The van der Waals surface area contributed by atoms with Crippen LogP contribution in [0.15, 0.2) is 11.6 Å². The van der Waals surface area contributed by atoms with Crippen LogP contribution in [0.4, 0.5) is 0 Å². The zero-order chi connectivity index (χ0) is 12.0. The highest BCUT2D eigenvalue weighted by atomic mass is 32.2. The fourth-order valence-electron chi connectivity index (χ4n) is 1.68. The van der Waals surface area contributed by atoms with Gasteiger partial charge in [0.15, 0.2) is 5.78 Å². The summed E-state index contributed by atoms with van der Waals surface area (Å²) in [6.45, 7) is 4.05. The number of ketones is 1. The van der Waals surface area contributed by atoms with Gasteiger partial charge in [-0.15, -0.1) is 0 Å². The number of hydrogen-bond acceptors (Lipinski definition) is 4. The van der Waals surface area contributed by atoms with E-state index in [0.29, 0.717) is 19.4 Å². The molecule has 0 amide bonds. The molecule has 0 radical (unpaired) electrons. The van der Waals surface area contributed by atoms with Crippen LogP contribution < -0.4 is 0 Å². The second-order valence-electron chi connectivity index (χ2n) is 3.72. The van der Waals surface area contributed by atoms with Gasteiger partial charge in [0.1, 0.15) is 0 Å². The predicted octanol–water partition coefficient (Wildman–Crippen LogP) is 2.21. The number of rotatable bonds is 2. The Morgan fingerprint density at radius 2 is 2.38 bits per heavy atom. The van der Waals surface area contributed by atoms with Gasteiger partial charge in [-0.2, -0.15) is 11.8 Å². The molecule has 1 aliphatic rings. The normalized spacial score (nSPS) is 25.0. The molecule has 1 atom stereocenters. The van der Waals surface area contributed by atoms with Crippen LogP contribution in [0.2, 0.25) is 0 Å². The fraction of sp³-hybridized carbons (Fsp3) is 0.667. The predicted molar refractivity (Wildman–Crippen MR) is 65.4 cm³/mol. The van der Waals surface area contributed by atoms with Crippen LogP contribution in [0, 0.1) is 5.92 Å². The van der Waals surface area contributed by atoms with Crippen molar-refractivity contribution in [2.75, 3.05) is 18.1 Å². The van der Waals surface area contributed by atoms with E-state index >= 15 is 0 Å². The molecule has 0 aromatic heterocycles. The zero-order valence-corrected chi connectivity index (χ0v) is 10.6. The highest BCUT2D eigenvalue weighted by molar-refractivity contribution is 7.99. The first-order chi connectivity index (χ1) is 7.69. The molecule has 16 heavy (non-hydrogen) atoms. The Morgan fingerprint density at radius 1 is 1.62 bits per heavy atom. The van der Waals surface area contributed by atoms with Crippen LogP contribution in [0.5, 0.6) is 0 Å². The number of carbonyl (C=O) groups is 2. The largest absolute Gasteiger partial charge is 0.466 e. The molecule has 1 saturated heterocycles. The summed E-state index contributed by atoms with van der Waals surface area (Å²) < 4.78 is 5.02. The molecule has 1 unspecified atom stereocenters. The Balaban J connectivity index is 2.69. The molecule has 1 rings (SSSR count). The lowest BCUT2D eigenvalue weighted by atomic mass is 9.96. The van der Waals surface area contributed by atoms with E-state index in [2.05, 4.69) is 0 Å². The van der Waals surface area contributed by atoms with Crippen molar-refractivity contribution < 1.29 is 14.3 Å². The Hall–Kier alpha value is -0.770.